The minimum Gasteiger partial charge on any atom is -0.481 e. The van der Waals surface area contributed by atoms with Gasteiger partial charge in [0, 0.05) is 18.7 Å². The van der Waals surface area contributed by atoms with Gasteiger partial charge in [0.05, 0.1) is 5.92 Å². The number of benzene rings is 1. The second-order valence-corrected chi connectivity index (χ2v) is 7.34. The van der Waals surface area contributed by atoms with Crippen LogP contribution in [0, 0.1) is 17.8 Å². The molecule has 4 rings (SSSR count). The molecule has 1 amide bonds. The van der Waals surface area contributed by atoms with Crippen LogP contribution in [-0.4, -0.2) is 35.0 Å². The number of carboxylic acid groups (broad SMARTS) is 1. The van der Waals surface area contributed by atoms with Crippen LogP contribution in [0.25, 0.3) is 0 Å². The highest BCUT2D eigenvalue weighted by molar-refractivity contribution is 5.96. The van der Waals surface area contributed by atoms with Crippen LogP contribution in [0.5, 0.6) is 0 Å². The predicted octanol–water partition coefficient (Wildman–Crippen LogP) is 2.53. The first-order valence-electron chi connectivity index (χ1n) is 8.13. The summed E-state index contributed by atoms with van der Waals surface area (Å²) in [6.45, 7) is 3.51. The number of carbonyl (C=O) groups is 2. The lowest BCUT2D eigenvalue weighted by atomic mass is 9.92. The van der Waals surface area contributed by atoms with Crippen molar-refractivity contribution in [3.63, 3.8) is 0 Å². The van der Waals surface area contributed by atoms with Gasteiger partial charge in [-0.3, -0.25) is 9.59 Å². The van der Waals surface area contributed by atoms with E-state index < -0.39 is 5.97 Å². The van der Waals surface area contributed by atoms with Gasteiger partial charge in [-0.2, -0.15) is 0 Å². The molecule has 4 nitrogen and oxygen atoms in total. The number of aliphatic carboxylic acids is 1. The summed E-state index contributed by atoms with van der Waals surface area (Å²) < 4.78 is 0. The molecular formula is C18H21NO3. The van der Waals surface area contributed by atoms with Crippen LogP contribution < -0.4 is 0 Å². The molecule has 1 saturated heterocycles. The number of carboxylic acids is 1. The number of piperidine rings is 1. The third-order valence-electron chi connectivity index (χ3n) is 5.88. The van der Waals surface area contributed by atoms with E-state index in [1.54, 1.807) is 0 Å². The topological polar surface area (TPSA) is 57.6 Å². The van der Waals surface area contributed by atoms with Gasteiger partial charge in [-0.15, -0.1) is 0 Å². The molecule has 1 heterocycles. The average molecular weight is 299 g/mol. The molecule has 2 saturated carbocycles. The molecule has 1 aromatic rings. The second kappa shape index (κ2) is 4.58. The predicted molar refractivity (Wildman–Crippen MR) is 81.7 cm³/mol. The fourth-order valence-electron chi connectivity index (χ4n) is 4.11. The van der Waals surface area contributed by atoms with Gasteiger partial charge < -0.3 is 10.0 Å². The van der Waals surface area contributed by atoms with Gasteiger partial charge in [-0.05, 0) is 48.1 Å². The molecular weight excluding hydrogens is 278 g/mol. The first-order chi connectivity index (χ1) is 10.5. The summed E-state index contributed by atoms with van der Waals surface area (Å²) in [4.78, 5) is 25.9. The molecule has 0 bridgehead atoms. The van der Waals surface area contributed by atoms with E-state index in [9.17, 15) is 14.7 Å². The van der Waals surface area contributed by atoms with Crippen LogP contribution >= 0.6 is 0 Å². The van der Waals surface area contributed by atoms with Gasteiger partial charge in [0.2, 0.25) is 0 Å². The molecule has 3 fully saturated rings. The van der Waals surface area contributed by atoms with E-state index >= 15 is 0 Å². The first-order valence-corrected chi connectivity index (χ1v) is 8.13. The van der Waals surface area contributed by atoms with Crippen LogP contribution in [0.1, 0.15) is 42.1 Å². The normalized spacial score (nSPS) is 31.3. The Hall–Kier alpha value is -1.84. The standard InChI is InChI=1S/C18H21NO3/c1-18(7-8-18)14-5-3-2-4-12(14)16(20)19-9-6-11-13(10-19)15(11)17(21)22/h2-5,11,13,15H,6-10H2,1H3,(H,21,22)/t11-,13+,15-/m0/s1. The van der Waals surface area contributed by atoms with Crippen molar-refractivity contribution >= 4 is 11.9 Å². The Bertz CT molecular complexity index is 649. The molecule has 0 unspecified atom stereocenters. The second-order valence-electron chi connectivity index (χ2n) is 7.34. The molecule has 2 aliphatic carbocycles. The summed E-state index contributed by atoms with van der Waals surface area (Å²) in [7, 11) is 0. The Morgan fingerprint density at radius 2 is 1.95 bits per heavy atom. The SMILES string of the molecule is CC1(c2ccccc2C(=O)N2CC[C@H]3[C@@H](C2)[C@H]3C(=O)O)CC1. The fourth-order valence-corrected chi connectivity index (χ4v) is 4.11. The quantitative estimate of drug-likeness (QED) is 0.933. The van der Waals surface area contributed by atoms with Crippen LogP contribution in [0.4, 0.5) is 0 Å². The number of hydrogen-bond acceptors (Lipinski definition) is 2. The summed E-state index contributed by atoms with van der Waals surface area (Å²) in [5.74, 6) is -0.390. The van der Waals surface area contributed by atoms with Crippen molar-refractivity contribution in [2.45, 2.75) is 31.6 Å². The number of hydrogen-bond donors (Lipinski definition) is 1. The zero-order valence-electron chi connectivity index (χ0n) is 12.8. The van der Waals surface area contributed by atoms with E-state index in [0.29, 0.717) is 13.1 Å². The van der Waals surface area contributed by atoms with Crippen LogP contribution in [-0.2, 0) is 10.2 Å². The van der Waals surface area contributed by atoms with Gasteiger partial charge in [0.15, 0.2) is 0 Å². The third kappa shape index (κ3) is 2.04. The number of amides is 1. The summed E-state index contributed by atoms with van der Waals surface area (Å²) in [6.07, 6.45) is 3.11. The summed E-state index contributed by atoms with van der Waals surface area (Å²) in [6, 6.07) is 7.93. The zero-order valence-corrected chi connectivity index (χ0v) is 12.8. The Labute approximate surface area is 130 Å². The van der Waals surface area contributed by atoms with E-state index in [0.717, 1.165) is 30.4 Å². The number of rotatable bonds is 3. The van der Waals surface area contributed by atoms with E-state index in [4.69, 9.17) is 0 Å². The summed E-state index contributed by atoms with van der Waals surface area (Å²) in [5, 5.41) is 9.18. The highest BCUT2D eigenvalue weighted by Gasteiger charge is 2.57. The van der Waals surface area contributed by atoms with E-state index in [1.807, 2.05) is 23.1 Å². The van der Waals surface area contributed by atoms with Crippen molar-refractivity contribution in [1.82, 2.24) is 4.90 Å². The molecule has 3 aliphatic rings. The Morgan fingerprint density at radius 1 is 1.23 bits per heavy atom. The molecule has 116 valence electrons. The number of carbonyl (C=O) groups excluding carboxylic acids is 1. The van der Waals surface area contributed by atoms with Crippen molar-refractivity contribution in [3.8, 4) is 0 Å². The van der Waals surface area contributed by atoms with E-state index in [-0.39, 0.29) is 29.1 Å². The van der Waals surface area contributed by atoms with E-state index in [2.05, 4.69) is 13.0 Å². The molecule has 0 spiro atoms. The smallest absolute Gasteiger partial charge is 0.307 e. The maximum atomic E-state index is 12.9. The lowest BCUT2D eigenvalue weighted by molar-refractivity contribution is -0.139. The van der Waals surface area contributed by atoms with Crippen LogP contribution in [0.15, 0.2) is 24.3 Å². The number of fused-ring (bicyclic) bond motifs is 1. The van der Waals surface area contributed by atoms with Crippen molar-refractivity contribution in [3.05, 3.63) is 35.4 Å². The number of likely N-dealkylation sites (tertiary alicyclic amines) is 1. The fraction of sp³-hybridized carbons (Fsp3) is 0.556. The Kier molecular flexibility index (Phi) is 2.87. The maximum absolute atomic E-state index is 12.9. The highest BCUT2D eigenvalue weighted by atomic mass is 16.4. The van der Waals surface area contributed by atoms with Gasteiger partial charge >= 0.3 is 5.97 Å². The van der Waals surface area contributed by atoms with Gasteiger partial charge in [0.1, 0.15) is 0 Å². The minimum absolute atomic E-state index is 0.0817. The van der Waals surface area contributed by atoms with Crippen molar-refractivity contribution in [2.24, 2.45) is 17.8 Å². The highest BCUT2D eigenvalue weighted by Crippen LogP contribution is 2.52. The molecule has 3 atom stereocenters. The molecule has 22 heavy (non-hydrogen) atoms. The van der Waals surface area contributed by atoms with Crippen molar-refractivity contribution in [2.75, 3.05) is 13.1 Å². The summed E-state index contributed by atoms with van der Waals surface area (Å²) >= 11 is 0. The van der Waals surface area contributed by atoms with Gasteiger partial charge in [-0.1, -0.05) is 25.1 Å². The van der Waals surface area contributed by atoms with E-state index in [1.165, 1.54) is 0 Å². The largest absolute Gasteiger partial charge is 0.481 e. The molecule has 4 heteroatoms. The molecule has 1 aliphatic heterocycles. The van der Waals surface area contributed by atoms with Gasteiger partial charge in [0.25, 0.3) is 5.91 Å². The third-order valence-corrected chi connectivity index (χ3v) is 5.88. The maximum Gasteiger partial charge on any atom is 0.307 e. The molecule has 0 radical (unpaired) electrons. The number of nitrogens with zero attached hydrogens (tertiary/aromatic N) is 1. The first kappa shape index (κ1) is 13.8. The monoisotopic (exact) mass is 299 g/mol. The lowest BCUT2D eigenvalue weighted by Gasteiger charge is -2.28. The van der Waals surface area contributed by atoms with Crippen molar-refractivity contribution < 1.29 is 14.7 Å². The Morgan fingerprint density at radius 3 is 2.64 bits per heavy atom. The molecule has 0 aromatic heterocycles. The van der Waals surface area contributed by atoms with Crippen molar-refractivity contribution in [1.29, 1.82) is 0 Å². The molecule has 1 aromatic carbocycles. The lowest BCUT2D eigenvalue weighted by Crippen LogP contribution is -2.37. The molecule has 1 N–H and O–H groups in total. The average Bonchev–Trinajstić information content (AvgIpc) is 3.41. The summed E-state index contributed by atoms with van der Waals surface area (Å²) in [5.41, 5.74) is 2.13. The van der Waals surface area contributed by atoms with Gasteiger partial charge in [-0.25, -0.2) is 0 Å². The van der Waals surface area contributed by atoms with Crippen LogP contribution in [0.3, 0.4) is 0 Å². The minimum atomic E-state index is -0.699. The Balaban J connectivity index is 1.55. The van der Waals surface area contributed by atoms with Crippen LogP contribution in [0.2, 0.25) is 0 Å². The zero-order chi connectivity index (χ0) is 15.5.